The van der Waals surface area contributed by atoms with Crippen LogP contribution >= 0.6 is 0 Å². The molecule has 0 spiro atoms. The molecule has 1 aromatic heterocycles. The van der Waals surface area contributed by atoms with Crippen LogP contribution in [0, 0.1) is 5.92 Å². The quantitative estimate of drug-likeness (QED) is 0.723. The van der Waals surface area contributed by atoms with Crippen molar-refractivity contribution in [1.82, 2.24) is 9.13 Å². The molecule has 0 aliphatic carbocycles. The first-order valence-corrected chi connectivity index (χ1v) is 8.48. The SMILES string of the molecule is C=CC[C@@H]1[C@H](O)[C@@H](CO)O[C@H]1n1ccc(=O)n(C(=O)c2ccccc2)c1=O. The highest BCUT2D eigenvalue weighted by molar-refractivity contribution is 5.95. The number of rotatable bonds is 5. The Kier molecular flexibility index (Phi) is 5.50. The van der Waals surface area contributed by atoms with Gasteiger partial charge in [0.2, 0.25) is 0 Å². The third-order valence-corrected chi connectivity index (χ3v) is 4.63. The summed E-state index contributed by atoms with van der Waals surface area (Å²) in [6.07, 6.45) is 0.276. The molecule has 0 radical (unpaired) electrons. The van der Waals surface area contributed by atoms with Crippen LogP contribution in [0.4, 0.5) is 0 Å². The van der Waals surface area contributed by atoms with Gasteiger partial charge in [-0.25, -0.2) is 4.79 Å². The fourth-order valence-electron chi connectivity index (χ4n) is 3.26. The van der Waals surface area contributed by atoms with Crippen molar-refractivity contribution in [2.24, 2.45) is 5.92 Å². The van der Waals surface area contributed by atoms with Crippen LogP contribution in [-0.4, -0.2) is 44.1 Å². The van der Waals surface area contributed by atoms with Crippen molar-refractivity contribution in [3.05, 3.63) is 81.7 Å². The molecular formula is C19H20N2O6. The summed E-state index contributed by atoms with van der Waals surface area (Å²) in [5.74, 6) is -1.31. The van der Waals surface area contributed by atoms with Gasteiger partial charge in [-0.05, 0) is 18.6 Å². The number of aliphatic hydroxyl groups is 2. The zero-order chi connectivity index (χ0) is 19.6. The van der Waals surface area contributed by atoms with Crippen molar-refractivity contribution in [2.45, 2.75) is 24.9 Å². The van der Waals surface area contributed by atoms with Crippen LogP contribution in [0.3, 0.4) is 0 Å². The van der Waals surface area contributed by atoms with Gasteiger partial charge >= 0.3 is 5.69 Å². The van der Waals surface area contributed by atoms with E-state index in [1.54, 1.807) is 24.3 Å². The minimum Gasteiger partial charge on any atom is -0.394 e. The van der Waals surface area contributed by atoms with Gasteiger partial charge in [0.05, 0.1) is 12.7 Å². The van der Waals surface area contributed by atoms with Crippen LogP contribution < -0.4 is 11.2 Å². The van der Waals surface area contributed by atoms with Crippen molar-refractivity contribution in [2.75, 3.05) is 6.61 Å². The van der Waals surface area contributed by atoms with Gasteiger partial charge in [0.25, 0.3) is 11.5 Å². The van der Waals surface area contributed by atoms with Gasteiger partial charge in [-0.1, -0.05) is 24.3 Å². The van der Waals surface area contributed by atoms with Gasteiger partial charge in [0.1, 0.15) is 12.3 Å². The van der Waals surface area contributed by atoms with Crippen molar-refractivity contribution < 1.29 is 19.7 Å². The molecule has 1 aromatic carbocycles. The van der Waals surface area contributed by atoms with E-state index in [1.165, 1.54) is 18.3 Å². The molecule has 0 bridgehead atoms. The normalized spacial score (nSPS) is 24.7. The first-order valence-electron chi connectivity index (χ1n) is 8.48. The Labute approximate surface area is 154 Å². The molecule has 4 atom stereocenters. The van der Waals surface area contributed by atoms with Crippen LogP contribution in [-0.2, 0) is 4.74 Å². The molecule has 0 unspecified atom stereocenters. The molecule has 2 aromatic rings. The molecule has 0 saturated carbocycles. The van der Waals surface area contributed by atoms with Crippen LogP contribution in [0.1, 0.15) is 23.0 Å². The maximum absolute atomic E-state index is 12.9. The number of ether oxygens (including phenoxy) is 1. The minimum absolute atomic E-state index is 0.192. The molecule has 1 saturated heterocycles. The Bertz CT molecular complexity index is 949. The number of allylic oxidation sites excluding steroid dienone is 1. The standard InChI is InChI=1S/C19H20N2O6/c1-2-6-13-16(24)14(11-22)27-18(13)20-10-9-15(23)21(19(20)26)17(25)12-7-4-3-5-8-12/h2-5,7-10,13-14,16,18,22,24H,1,6,11H2/t13-,14-,16+,18-/m1/s1. The molecule has 2 N–H and O–H groups in total. The van der Waals surface area contributed by atoms with Crippen LogP contribution in [0.25, 0.3) is 0 Å². The first-order chi connectivity index (χ1) is 13.0. The van der Waals surface area contributed by atoms with Crippen molar-refractivity contribution in [3.63, 3.8) is 0 Å². The van der Waals surface area contributed by atoms with Gasteiger partial charge in [-0.15, -0.1) is 6.58 Å². The summed E-state index contributed by atoms with van der Waals surface area (Å²) in [4.78, 5) is 37.7. The highest BCUT2D eigenvalue weighted by Crippen LogP contribution is 2.36. The Morgan fingerprint density at radius 3 is 2.56 bits per heavy atom. The van der Waals surface area contributed by atoms with E-state index in [4.69, 9.17) is 4.74 Å². The van der Waals surface area contributed by atoms with Gasteiger partial charge < -0.3 is 14.9 Å². The lowest BCUT2D eigenvalue weighted by molar-refractivity contribution is -0.0483. The van der Waals surface area contributed by atoms with E-state index in [2.05, 4.69) is 6.58 Å². The van der Waals surface area contributed by atoms with E-state index in [-0.39, 0.29) is 5.56 Å². The highest BCUT2D eigenvalue weighted by Gasteiger charge is 2.44. The number of aliphatic hydroxyl groups excluding tert-OH is 2. The lowest BCUT2D eigenvalue weighted by Gasteiger charge is -2.21. The Morgan fingerprint density at radius 2 is 1.93 bits per heavy atom. The second kappa shape index (κ2) is 7.83. The lowest BCUT2D eigenvalue weighted by Crippen LogP contribution is -2.45. The molecule has 142 valence electrons. The number of carbonyl (C=O) groups is 1. The Hall–Kier alpha value is -2.81. The molecule has 1 aliphatic rings. The zero-order valence-corrected chi connectivity index (χ0v) is 14.5. The summed E-state index contributed by atoms with van der Waals surface area (Å²) in [6, 6.07) is 9.07. The molecule has 27 heavy (non-hydrogen) atoms. The molecule has 8 heteroatoms. The van der Waals surface area contributed by atoms with E-state index in [1.807, 2.05) is 0 Å². The predicted octanol–water partition coefficient (Wildman–Crippen LogP) is 0.141. The maximum atomic E-state index is 12.9. The first kappa shape index (κ1) is 19.0. The number of hydrogen-bond acceptors (Lipinski definition) is 6. The number of aromatic nitrogens is 2. The van der Waals surface area contributed by atoms with Gasteiger partial charge in [-0.3, -0.25) is 14.2 Å². The van der Waals surface area contributed by atoms with E-state index in [0.717, 1.165) is 10.6 Å². The second-order valence-electron chi connectivity index (χ2n) is 6.28. The Balaban J connectivity index is 2.08. The summed E-state index contributed by atoms with van der Waals surface area (Å²) in [5.41, 5.74) is -1.44. The second-order valence-corrected chi connectivity index (χ2v) is 6.28. The summed E-state index contributed by atoms with van der Waals surface area (Å²) >= 11 is 0. The van der Waals surface area contributed by atoms with Crippen LogP contribution in [0.2, 0.25) is 0 Å². The lowest BCUT2D eigenvalue weighted by atomic mass is 9.96. The third kappa shape index (κ3) is 3.42. The predicted molar refractivity (Wildman–Crippen MR) is 96.4 cm³/mol. The number of carbonyl (C=O) groups excluding carboxylic acids is 1. The van der Waals surface area contributed by atoms with Crippen molar-refractivity contribution in [3.8, 4) is 0 Å². The fourth-order valence-corrected chi connectivity index (χ4v) is 3.26. The van der Waals surface area contributed by atoms with Gasteiger partial charge in [-0.2, -0.15) is 4.57 Å². The molecule has 0 amide bonds. The number of nitrogens with zero attached hydrogens (tertiary/aromatic N) is 2. The van der Waals surface area contributed by atoms with E-state index in [0.29, 0.717) is 11.0 Å². The average molecular weight is 372 g/mol. The minimum atomic E-state index is -1.02. The molecule has 3 rings (SSSR count). The van der Waals surface area contributed by atoms with E-state index >= 15 is 0 Å². The van der Waals surface area contributed by atoms with Crippen LogP contribution in [0.15, 0.2) is 64.8 Å². The summed E-state index contributed by atoms with van der Waals surface area (Å²) < 4.78 is 7.25. The van der Waals surface area contributed by atoms with E-state index < -0.39 is 48.1 Å². The largest absolute Gasteiger partial charge is 0.394 e. The summed E-state index contributed by atoms with van der Waals surface area (Å²) in [5, 5.41) is 19.7. The maximum Gasteiger partial charge on any atom is 0.340 e. The molecule has 8 nitrogen and oxygen atoms in total. The number of hydrogen-bond donors (Lipinski definition) is 2. The third-order valence-electron chi connectivity index (χ3n) is 4.63. The molecule has 2 heterocycles. The Morgan fingerprint density at radius 1 is 1.22 bits per heavy atom. The highest BCUT2D eigenvalue weighted by atomic mass is 16.5. The fraction of sp³-hybridized carbons (Fsp3) is 0.316. The topological polar surface area (TPSA) is 111 Å². The zero-order valence-electron chi connectivity index (χ0n) is 14.5. The van der Waals surface area contributed by atoms with Crippen molar-refractivity contribution >= 4 is 5.91 Å². The van der Waals surface area contributed by atoms with Crippen LogP contribution in [0.5, 0.6) is 0 Å². The molecule has 1 aliphatic heterocycles. The monoisotopic (exact) mass is 372 g/mol. The van der Waals surface area contributed by atoms with Gasteiger partial charge in [0, 0.05) is 23.7 Å². The molecular weight excluding hydrogens is 352 g/mol. The molecule has 1 fully saturated rings. The van der Waals surface area contributed by atoms with Gasteiger partial charge in [0.15, 0.2) is 0 Å². The van der Waals surface area contributed by atoms with E-state index in [9.17, 15) is 24.6 Å². The summed E-state index contributed by atoms with van der Waals surface area (Å²) in [6.45, 7) is 3.21. The average Bonchev–Trinajstić information content (AvgIpc) is 2.98. The number of benzene rings is 1. The van der Waals surface area contributed by atoms with Crippen molar-refractivity contribution in [1.29, 1.82) is 0 Å². The summed E-state index contributed by atoms with van der Waals surface area (Å²) in [7, 11) is 0. The smallest absolute Gasteiger partial charge is 0.340 e.